The van der Waals surface area contributed by atoms with E-state index in [1.54, 1.807) is 12.1 Å². The summed E-state index contributed by atoms with van der Waals surface area (Å²) in [4.78, 5) is 24.2. The minimum Gasteiger partial charge on any atom is -0.322 e. The van der Waals surface area contributed by atoms with E-state index < -0.39 is 0 Å². The van der Waals surface area contributed by atoms with Gasteiger partial charge in [0.15, 0.2) is 0 Å². The molecule has 5 heteroatoms. The maximum Gasteiger partial charge on any atom is 0.255 e. The number of nitrogens with zero attached hydrogens (tertiary/aromatic N) is 1. The van der Waals surface area contributed by atoms with Crippen LogP contribution in [0.25, 0.3) is 0 Å². The Balaban J connectivity index is 1.52. The maximum absolute atomic E-state index is 12.2. The molecule has 2 N–H and O–H groups in total. The zero-order valence-electron chi connectivity index (χ0n) is 16.3. The van der Waals surface area contributed by atoms with E-state index in [2.05, 4.69) is 15.8 Å². The molecule has 0 aliphatic carbocycles. The quantitative estimate of drug-likeness (QED) is 0.467. The Morgan fingerprint density at radius 3 is 2.07 bits per heavy atom. The van der Waals surface area contributed by atoms with Crippen LogP contribution in [0.5, 0.6) is 0 Å². The number of carbonyl (C=O) groups excluding carboxylic acids is 2. The summed E-state index contributed by atoms with van der Waals surface area (Å²) in [5.74, 6) is -0.283. The van der Waals surface area contributed by atoms with Gasteiger partial charge in [-0.1, -0.05) is 60.7 Å². The zero-order valence-corrected chi connectivity index (χ0v) is 16.3. The molecule has 3 rings (SSSR count). The van der Waals surface area contributed by atoms with Crippen molar-refractivity contribution < 1.29 is 9.59 Å². The molecule has 0 aliphatic rings. The standard InChI is InChI=1S/C24H23N3O2/c1-18(26-27-23(28)17-12-19-8-4-2-5-9-19)20-13-15-22(16-14-20)25-24(29)21-10-6-3-7-11-21/h2-11,13-16H,12,17H2,1H3,(H,25,29)(H,27,28)/b26-18-. The van der Waals surface area contributed by atoms with Gasteiger partial charge in [0.1, 0.15) is 0 Å². The fourth-order valence-corrected chi connectivity index (χ4v) is 2.76. The second-order valence-electron chi connectivity index (χ2n) is 6.62. The first-order valence-electron chi connectivity index (χ1n) is 9.46. The van der Waals surface area contributed by atoms with E-state index in [-0.39, 0.29) is 11.8 Å². The maximum atomic E-state index is 12.2. The first kappa shape index (κ1) is 20.0. The number of nitrogens with one attached hydrogen (secondary N) is 2. The fourth-order valence-electron chi connectivity index (χ4n) is 2.76. The van der Waals surface area contributed by atoms with Gasteiger partial charge >= 0.3 is 0 Å². The van der Waals surface area contributed by atoms with Crippen molar-refractivity contribution in [3.05, 3.63) is 102 Å². The highest BCUT2D eigenvalue weighted by atomic mass is 16.2. The van der Waals surface area contributed by atoms with E-state index in [4.69, 9.17) is 0 Å². The Kier molecular flexibility index (Phi) is 6.90. The molecule has 0 aliphatic heterocycles. The molecular formula is C24H23N3O2. The van der Waals surface area contributed by atoms with Crippen molar-refractivity contribution in [2.45, 2.75) is 19.8 Å². The van der Waals surface area contributed by atoms with Gasteiger partial charge < -0.3 is 5.32 Å². The van der Waals surface area contributed by atoms with E-state index in [1.165, 1.54) is 0 Å². The largest absolute Gasteiger partial charge is 0.322 e. The second kappa shape index (κ2) is 9.99. The van der Waals surface area contributed by atoms with Gasteiger partial charge in [-0.2, -0.15) is 5.10 Å². The number of hydrazone groups is 1. The molecule has 5 nitrogen and oxygen atoms in total. The molecule has 0 heterocycles. The van der Waals surface area contributed by atoms with Crippen LogP contribution in [0.3, 0.4) is 0 Å². The van der Waals surface area contributed by atoms with E-state index in [0.29, 0.717) is 29.8 Å². The highest BCUT2D eigenvalue weighted by molar-refractivity contribution is 6.05. The summed E-state index contributed by atoms with van der Waals surface area (Å²) < 4.78 is 0. The zero-order chi connectivity index (χ0) is 20.5. The van der Waals surface area contributed by atoms with Gasteiger partial charge in [-0.15, -0.1) is 0 Å². The number of rotatable bonds is 7. The van der Waals surface area contributed by atoms with Gasteiger partial charge in [0.25, 0.3) is 5.91 Å². The molecule has 0 aromatic heterocycles. The van der Waals surface area contributed by atoms with Gasteiger partial charge in [-0.25, -0.2) is 5.43 Å². The van der Waals surface area contributed by atoms with Crippen LogP contribution in [0.4, 0.5) is 5.69 Å². The predicted molar refractivity (Wildman–Crippen MR) is 116 cm³/mol. The van der Waals surface area contributed by atoms with E-state index in [1.807, 2.05) is 79.7 Å². The Bertz CT molecular complexity index is 982. The average molecular weight is 385 g/mol. The van der Waals surface area contributed by atoms with Crippen LogP contribution < -0.4 is 10.7 Å². The van der Waals surface area contributed by atoms with Gasteiger partial charge in [0.05, 0.1) is 5.71 Å². The average Bonchev–Trinajstić information content (AvgIpc) is 2.78. The van der Waals surface area contributed by atoms with Gasteiger partial charge in [0, 0.05) is 17.7 Å². The smallest absolute Gasteiger partial charge is 0.255 e. The third kappa shape index (κ3) is 6.14. The molecule has 0 unspecified atom stereocenters. The first-order chi connectivity index (χ1) is 14.1. The molecule has 3 aromatic rings. The van der Waals surface area contributed by atoms with Crippen molar-refractivity contribution in [2.75, 3.05) is 5.32 Å². The summed E-state index contributed by atoms with van der Waals surface area (Å²) in [5, 5.41) is 7.03. The van der Waals surface area contributed by atoms with Gasteiger partial charge in [-0.3, -0.25) is 9.59 Å². The highest BCUT2D eigenvalue weighted by Gasteiger charge is 2.06. The molecule has 0 bridgehead atoms. The predicted octanol–water partition coefficient (Wildman–Crippen LogP) is 4.41. The minimum absolute atomic E-state index is 0.125. The third-order valence-electron chi connectivity index (χ3n) is 4.43. The number of benzene rings is 3. The Morgan fingerprint density at radius 2 is 1.41 bits per heavy atom. The normalized spacial score (nSPS) is 11.0. The summed E-state index contributed by atoms with van der Waals surface area (Å²) in [6, 6.07) is 26.3. The van der Waals surface area contributed by atoms with Crippen LogP contribution in [0, 0.1) is 0 Å². The number of hydrogen-bond donors (Lipinski definition) is 2. The van der Waals surface area contributed by atoms with Crippen LogP contribution in [0.2, 0.25) is 0 Å². The summed E-state index contributed by atoms with van der Waals surface area (Å²) >= 11 is 0. The van der Waals surface area contributed by atoms with Crippen molar-refractivity contribution >= 4 is 23.2 Å². The molecule has 0 saturated heterocycles. The van der Waals surface area contributed by atoms with Crippen molar-refractivity contribution in [3.8, 4) is 0 Å². The lowest BCUT2D eigenvalue weighted by Crippen LogP contribution is -2.19. The lowest BCUT2D eigenvalue weighted by molar-refractivity contribution is -0.121. The number of carbonyl (C=O) groups is 2. The van der Waals surface area contributed by atoms with Crippen molar-refractivity contribution in [3.63, 3.8) is 0 Å². The summed E-state index contributed by atoms with van der Waals surface area (Å²) in [5.41, 5.74) is 6.58. The molecule has 0 fully saturated rings. The topological polar surface area (TPSA) is 70.6 Å². The summed E-state index contributed by atoms with van der Waals surface area (Å²) in [6.45, 7) is 1.83. The second-order valence-corrected chi connectivity index (χ2v) is 6.62. The van der Waals surface area contributed by atoms with Crippen LogP contribution >= 0.6 is 0 Å². The Hall–Kier alpha value is -3.73. The minimum atomic E-state index is -0.158. The van der Waals surface area contributed by atoms with Crippen LogP contribution in [-0.2, 0) is 11.2 Å². The fraction of sp³-hybridized carbons (Fsp3) is 0.125. The lowest BCUT2D eigenvalue weighted by Gasteiger charge is -2.07. The van der Waals surface area contributed by atoms with E-state index in [9.17, 15) is 9.59 Å². The molecule has 146 valence electrons. The molecule has 29 heavy (non-hydrogen) atoms. The number of hydrogen-bond acceptors (Lipinski definition) is 3. The van der Waals surface area contributed by atoms with E-state index >= 15 is 0 Å². The van der Waals surface area contributed by atoms with E-state index in [0.717, 1.165) is 11.1 Å². The van der Waals surface area contributed by atoms with Crippen LogP contribution in [-0.4, -0.2) is 17.5 Å². The van der Waals surface area contributed by atoms with Crippen LogP contribution in [0.15, 0.2) is 90.0 Å². The first-order valence-corrected chi connectivity index (χ1v) is 9.46. The van der Waals surface area contributed by atoms with Crippen LogP contribution in [0.1, 0.15) is 34.8 Å². The highest BCUT2D eigenvalue weighted by Crippen LogP contribution is 2.12. The molecule has 0 spiro atoms. The SMILES string of the molecule is C/C(=N/NC(=O)CCc1ccccc1)c1ccc(NC(=O)c2ccccc2)cc1. The molecule has 3 aromatic carbocycles. The summed E-state index contributed by atoms with van der Waals surface area (Å²) in [6.07, 6.45) is 1.06. The molecule has 2 amide bonds. The lowest BCUT2D eigenvalue weighted by atomic mass is 10.1. The number of anilines is 1. The Morgan fingerprint density at radius 1 is 0.793 bits per heavy atom. The monoisotopic (exact) mass is 385 g/mol. The third-order valence-corrected chi connectivity index (χ3v) is 4.43. The Labute approximate surface area is 170 Å². The van der Waals surface area contributed by atoms with Crippen molar-refractivity contribution in [2.24, 2.45) is 5.10 Å². The number of amides is 2. The van der Waals surface area contributed by atoms with Crippen molar-refractivity contribution in [1.29, 1.82) is 0 Å². The molecule has 0 saturated carbocycles. The molecular weight excluding hydrogens is 362 g/mol. The summed E-state index contributed by atoms with van der Waals surface area (Å²) in [7, 11) is 0. The van der Waals surface area contributed by atoms with Crippen molar-refractivity contribution in [1.82, 2.24) is 5.43 Å². The van der Waals surface area contributed by atoms with Gasteiger partial charge in [0.2, 0.25) is 5.91 Å². The molecule has 0 atom stereocenters. The number of aryl methyl sites for hydroxylation is 1. The molecule has 0 radical (unpaired) electrons. The van der Waals surface area contributed by atoms with Gasteiger partial charge in [-0.05, 0) is 48.7 Å².